The number of anilines is 1. The van der Waals surface area contributed by atoms with Crippen LogP contribution in [0.2, 0.25) is 0 Å². The van der Waals surface area contributed by atoms with Crippen molar-refractivity contribution in [2.45, 2.75) is 6.92 Å². The third-order valence-electron chi connectivity index (χ3n) is 3.92. The van der Waals surface area contributed by atoms with Crippen LogP contribution in [0.15, 0.2) is 48.5 Å². The summed E-state index contributed by atoms with van der Waals surface area (Å²) in [5, 5.41) is 2.77. The van der Waals surface area contributed by atoms with Gasteiger partial charge < -0.3 is 19.7 Å². The number of nitrogens with one attached hydrogen (secondary N) is 1. The van der Waals surface area contributed by atoms with Crippen molar-refractivity contribution in [2.24, 2.45) is 0 Å². The minimum absolute atomic E-state index is 0.0152. The number of fused-ring (bicyclic) bond motifs is 1. The van der Waals surface area contributed by atoms with Crippen molar-refractivity contribution in [3.05, 3.63) is 54.1 Å². The molecule has 0 saturated heterocycles. The Bertz CT molecular complexity index is 776. The highest BCUT2D eigenvalue weighted by Gasteiger charge is 2.24. The maximum atomic E-state index is 12.0. The zero-order valence-corrected chi connectivity index (χ0v) is 14.0. The Balaban J connectivity index is 1.49. The second-order valence-corrected chi connectivity index (χ2v) is 5.71. The van der Waals surface area contributed by atoms with E-state index in [1.807, 2.05) is 55.5 Å². The van der Waals surface area contributed by atoms with Crippen molar-refractivity contribution in [2.75, 3.05) is 31.2 Å². The number of ether oxygens (including phenoxy) is 2. The highest BCUT2D eigenvalue weighted by molar-refractivity contribution is 5.97. The number of carbonyl (C=O) groups is 2. The molecule has 0 saturated carbocycles. The molecule has 1 N–H and O–H groups in total. The molecule has 0 spiro atoms. The largest absolute Gasteiger partial charge is 0.484 e. The number of hydrogen-bond donors (Lipinski definition) is 1. The molecule has 6 nitrogen and oxygen atoms in total. The second-order valence-electron chi connectivity index (χ2n) is 5.71. The average molecular weight is 340 g/mol. The second kappa shape index (κ2) is 7.70. The lowest BCUT2D eigenvalue weighted by Gasteiger charge is -2.29. The van der Waals surface area contributed by atoms with E-state index >= 15 is 0 Å². The summed E-state index contributed by atoms with van der Waals surface area (Å²) in [5.41, 5.74) is 1.70. The van der Waals surface area contributed by atoms with Gasteiger partial charge in [-0.15, -0.1) is 0 Å². The van der Waals surface area contributed by atoms with Crippen LogP contribution in [-0.4, -0.2) is 38.1 Å². The topological polar surface area (TPSA) is 67.9 Å². The van der Waals surface area contributed by atoms with Gasteiger partial charge in [-0.1, -0.05) is 30.3 Å². The van der Waals surface area contributed by atoms with E-state index in [0.29, 0.717) is 24.6 Å². The third-order valence-corrected chi connectivity index (χ3v) is 3.92. The Hall–Kier alpha value is -3.02. The van der Waals surface area contributed by atoms with Crippen LogP contribution in [0.4, 0.5) is 5.69 Å². The normalized spacial score (nSPS) is 13.0. The molecule has 1 aliphatic rings. The van der Waals surface area contributed by atoms with E-state index in [2.05, 4.69) is 5.32 Å². The van der Waals surface area contributed by atoms with Gasteiger partial charge in [0.1, 0.15) is 11.5 Å². The molecule has 1 heterocycles. The number of carbonyl (C=O) groups excluding carboxylic acids is 2. The lowest BCUT2D eigenvalue weighted by Crippen LogP contribution is -2.44. The fraction of sp³-hybridized carbons (Fsp3) is 0.263. The maximum Gasteiger partial charge on any atom is 0.265 e. The summed E-state index contributed by atoms with van der Waals surface area (Å²) in [6, 6.07) is 14.9. The minimum Gasteiger partial charge on any atom is -0.484 e. The van der Waals surface area contributed by atoms with Gasteiger partial charge in [0.25, 0.3) is 11.8 Å². The number of benzene rings is 2. The molecule has 0 aromatic heterocycles. The average Bonchev–Trinajstić information content (AvgIpc) is 2.63. The summed E-state index contributed by atoms with van der Waals surface area (Å²) in [6.45, 7) is 2.61. The zero-order valence-electron chi connectivity index (χ0n) is 14.0. The van der Waals surface area contributed by atoms with Crippen molar-refractivity contribution in [3.8, 4) is 11.5 Å². The number of hydrogen-bond acceptors (Lipinski definition) is 4. The first-order chi connectivity index (χ1) is 12.1. The van der Waals surface area contributed by atoms with Crippen molar-refractivity contribution < 1.29 is 19.1 Å². The quantitative estimate of drug-likeness (QED) is 0.872. The molecule has 130 valence electrons. The molecule has 1 aliphatic heterocycles. The molecule has 0 fully saturated rings. The van der Waals surface area contributed by atoms with E-state index in [9.17, 15) is 9.59 Å². The lowest BCUT2D eigenvalue weighted by atomic mass is 10.2. The van der Waals surface area contributed by atoms with Gasteiger partial charge in [0.15, 0.2) is 13.2 Å². The summed E-state index contributed by atoms with van der Waals surface area (Å²) in [7, 11) is 0. The van der Waals surface area contributed by atoms with Crippen LogP contribution in [0.25, 0.3) is 0 Å². The van der Waals surface area contributed by atoms with E-state index in [1.165, 1.54) is 0 Å². The first kappa shape index (κ1) is 16.8. The molecule has 2 amide bonds. The van der Waals surface area contributed by atoms with Crippen molar-refractivity contribution in [1.82, 2.24) is 5.32 Å². The zero-order chi connectivity index (χ0) is 17.6. The molecular formula is C19H20N2O4. The Kier molecular flexibility index (Phi) is 5.18. The van der Waals surface area contributed by atoms with E-state index < -0.39 is 0 Å². The monoisotopic (exact) mass is 340 g/mol. The van der Waals surface area contributed by atoms with Crippen LogP contribution in [0.5, 0.6) is 11.5 Å². The molecule has 2 aromatic carbocycles. The van der Waals surface area contributed by atoms with Gasteiger partial charge in [-0.2, -0.15) is 0 Å². The van der Waals surface area contributed by atoms with E-state index in [4.69, 9.17) is 9.47 Å². The number of amides is 2. The predicted molar refractivity (Wildman–Crippen MR) is 94.0 cm³/mol. The number of para-hydroxylation sites is 3. The number of aryl methyl sites for hydroxylation is 1. The number of rotatable bonds is 6. The summed E-state index contributed by atoms with van der Waals surface area (Å²) < 4.78 is 10.9. The third kappa shape index (κ3) is 4.09. The number of nitrogens with zero attached hydrogens (tertiary/aromatic N) is 1. The van der Waals surface area contributed by atoms with Gasteiger partial charge in [-0.05, 0) is 30.7 Å². The molecule has 0 atom stereocenters. The van der Waals surface area contributed by atoms with Crippen LogP contribution >= 0.6 is 0 Å². The predicted octanol–water partition coefficient (Wildman–Crippen LogP) is 1.92. The first-order valence-corrected chi connectivity index (χ1v) is 8.12. The highest BCUT2D eigenvalue weighted by atomic mass is 16.5. The molecule has 25 heavy (non-hydrogen) atoms. The van der Waals surface area contributed by atoms with Crippen molar-refractivity contribution in [1.29, 1.82) is 0 Å². The van der Waals surface area contributed by atoms with Crippen LogP contribution in [0.3, 0.4) is 0 Å². The van der Waals surface area contributed by atoms with E-state index in [0.717, 1.165) is 11.3 Å². The highest BCUT2D eigenvalue weighted by Crippen LogP contribution is 2.30. The standard InChI is InChI=1S/C19H20N2O4/c1-14-6-2-4-8-16(14)24-12-18(22)20-10-11-21-15-7-3-5-9-17(15)25-13-19(21)23/h2-9H,10-13H2,1H3,(H,20,22). The first-order valence-electron chi connectivity index (χ1n) is 8.12. The Labute approximate surface area is 146 Å². The van der Waals surface area contributed by atoms with Crippen LogP contribution in [-0.2, 0) is 9.59 Å². The molecule has 3 rings (SSSR count). The lowest BCUT2D eigenvalue weighted by molar-refractivity contribution is -0.124. The Morgan fingerprint density at radius 1 is 1.20 bits per heavy atom. The van der Waals surface area contributed by atoms with Gasteiger partial charge in [-0.25, -0.2) is 0 Å². The summed E-state index contributed by atoms with van der Waals surface area (Å²) in [5.74, 6) is 1.02. The van der Waals surface area contributed by atoms with Gasteiger partial charge in [0, 0.05) is 13.1 Å². The van der Waals surface area contributed by atoms with E-state index in [-0.39, 0.29) is 25.0 Å². The van der Waals surface area contributed by atoms with Crippen LogP contribution < -0.4 is 19.7 Å². The molecule has 0 unspecified atom stereocenters. The molecule has 6 heteroatoms. The Morgan fingerprint density at radius 3 is 2.80 bits per heavy atom. The Morgan fingerprint density at radius 2 is 1.96 bits per heavy atom. The van der Waals surface area contributed by atoms with Gasteiger partial charge in [-0.3, -0.25) is 9.59 Å². The smallest absolute Gasteiger partial charge is 0.265 e. The minimum atomic E-state index is -0.225. The fourth-order valence-corrected chi connectivity index (χ4v) is 2.62. The van der Waals surface area contributed by atoms with E-state index in [1.54, 1.807) is 4.90 Å². The molecule has 2 aromatic rings. The summed E-state index contributed by atoms with van der Waals surface area (Å²) >= 11 is 0. The van der Waals surface area contributed by atoms with Gasteiger partial charge in [0.2, 0.25) is 0 Å². The van der Waals surface area contributed by atoms with Gasteiger partial charge >= 0.3 is 0 Å². The van der Waals surface area contributed by atoms with Crippen LogP contribution in [0, 0.1) is 6.92 Å². The molecule has 0 bridgehead atoms. The molecule has 0 aliphatic carbocycles. The van der Waals surface area contributed by atoms with Crippen molar-refractivity contribution in [3.63, 3.8) is 0 Å². The van der Waals surface area contributed by atoms with Gasteiger partial charge in [0.05, 0.1) is 5.69 Å². The fourth-order valence-electron chi connectivity index (χ4n) is 2.62. The summed E-state index contributed by atoms with van der Waals surface area (Å²) in [4.78, 5) is 25.6. The maximum absolute atomic E-state index is 12.0. The summed E-state index contributed by atoms with van der Waals surface area (Å²) in [6.07, 6.45) is 0. The van der Waals surface area contributed by atoms with Crippen LogP contribution in [0.1, 0.15) is 5.56 Å². The van der Waals surface area contributed by atoms with Crippen molar-refractivity contribution >= 4 is 17.5 Å². The molecule has 0 radical (unpaired) electrons. The molecular weight excluding hydrogens is 320 g/mol. The SMILES string of the molecule is Cc1ccccc1OCC(=O)NCCN1C(=O)COc2ccccc21.